The smallest absolute Gasteiger partial charge is 0.251 e. The molecule has 2 rings (SSSR count). The fourth-order valence-corrected chi connectivity index (χ4v) is 3.62. The van der Waals surface area contributed by atoms with Gasteiger partial charge in [0.2, 0.25) is 10.0 Å². The van der Waals surface area contributed by atoms with Crippen molar-refractivity contribution in [1.29, 1.82) is 0 Å². The highest BCUT2D eigenvalue weighted by Gasteiger charge is 2.15. The van der Waals surface area contributed by atoms with E-state index in [1.165, 1.54) is 24.3 Å². The third-order valence-corrected chi connectivity index (χ3v) is 5.74. The number of likely N-dealkylation sites (N-methyl/N-ethyl adjacent to an activating group) is 1. The molecule has 1 fully saturated rings. The van der Waals surface area contributed by atoms with E-state index in [2.05, 4.69) is 32.8 Å². The first-order valence-corrected chi connectivity index (χ1v) is 10.1. The van der Waals surface area contributed by atoms with Crippen LogP contribution in [-0.4, -0.2) is 77.0 Å². The number of amides is 1. The highest BCUT2D eigenvalue weighted by molar-refractivity contribution is 7.89. The van der Waals surface area contributed by atoms with Crippen molar-refractivity contribution in [3.63, 3.8) is 0 Å². The van der Waals surface area contributed by atoms with Crippen molar-refractivity contribution in [3.05, 3.63) is 29.8 Å². The van der Waals surface area contributed by atoms with Gasteiger partial charge in [0, 0.05) is 38.3 Å². The largest absolute Gasteiger partial charge is 0.352 e. The number of rotatable bonds is 8. The van der Waals surface area contributed by atoms with Crippen molar-refractivity contribution in [3.8, 4) is 12.3 Å². The topological polar surface area (TPSA) is 81.7 Å². The Morgan fingerprint density at radius 1 is 1.19 bits per heavy atom. The molecule has 0 bridgehead atoms. The Morgan fingerprint density at radius 2 is 1.85 bits per heavy atom. The Hall–Kier alpha value is -1.92. The molecule has 1 heterocycles. The molecule has 0 aliphatic carbocycles. The summed E-state index contributed by atoms with van der Waals surface area (Å²) >= 11 is 0. The van der Waals surface area contributed by atoms with Gasteiger partial charge in [-0.1, -0.05) is 5.92 Å². The summed E-state index contributed by atoms with van der Waals surface area (Å²) in [7, 11) is -1.51. The van der Waals surface area contributed by atoms with Crippen LogP contribution in [0.4, 0.5) is 0 Å². The Bertz CT molecular complexity index is 733. The van der Waals surface area contributed by atoms with E-state index in [1.807, 2.05) is 0 Å². The highest BCUT2D eigenvalue weighted by atomic mass is 32.2. The molecule has 0 saturated carbocycles. The van der Waals surface area contributed by atoms with Crippen molar-refractivity contribution in [1.82, 2.24) is 19.8 Å². The van der Waals surface area contributed by atoms with Gasteiger partial charge in [0.15, 0.2) is 0 Å². The van der Waals surface area contributed by atoms with Gasteiger partial charge in [-0.25, -0.2) is 8.42 Å². The molecule has 1 aliphatic heterocycles. The first-order chi connectivity index (χ1) is 12.4. The van der Waals surface area contributed by atoms with Gasteiger partial charge < -0.3 is 15.1 Å². The van der Waals surface area contributed by atoms with Crippen LogP contribution in [-0.2, 0) is 10.0 Å². The first kappa shape index (κ1) is 20.4. The average Bonchev–Trinajstić information content (AvgIpc) is 2.65. The van der Waals surface area contributed by atoms with Crippen LogP contribution in [0.15, 0.2) is 29.2 Å². The summed E-state index contributed by atoms with van der Waals surface area (Å²) in [6.45, 7) is 5.77. The molecule has 7 nitrogen and oxygen atoms in total. The maximum Gasteiger partial charge on any atom is 0.251 e. The van der Waals surface area contributed by atoms with Gasteiger partial charge in [0.25, 0.3) is 5.91 Å². The normalized spacial score (nSPS) is 16.2. The molecule has 1 saturated heterocycles. The van der Waals surface area contributed by atoms with Gasteiger partial charge >= 0.3 is 0 Å². The zero-order valence-corrected chi connectivity index (χ0v) is 15.9. The molecule has 142 valence electrons. The Morgan fingerprint density at radius 3 is 2.46 bits per heavy atom. The molecule has 0 unspecified atom stereocenters. The van der Waals surface area contributed by atoms with E-state index in [0.29, 0.717) is 12.1 Å². The lowest BCUT2D eigenvalue weighted by Crippen LogP contribution is -2.45. The van der Waals surface area contributed by atoms with Gasteiger partial charge in [-0.3, -0.25) is 4.79 Å². The van der Waals surface area contributed by atoms with Gasteiger partial charge in [-0.2, -0.15) is 4.72 Å². The lowest BCUT2D eigenvalue weighted by molar-refractivity contribution is 0.0949. The van der Waals surface area contributed by atoms with E-state index in [0.717, 1.165) is 39.1 Å². The van der Waals surface area contributed by atoms with Gasteiger partial charge in [-0.05, 0) is 44.3 Å². The summed E-state index contributed by atoms with van der Waals surface area (Å²) in [5.74, 6) is 2.01. The summed E-state index contributed by atoms with van der Waals surface area (Å²) in [6.07, 6.45) is 5.94. The Labute approximate surface area is 155 Å². The molecule has 8 heteroatoms. The number of terminal acetylenes is 1. The van der Waals surface area contributed by atoms with E-state index < -0.39 is 10.0 Å². The van der Waals surface area contributed by atoms with Crippen molar-refractivity contribution in [2.45, 2.75) is 11.3 Å². The van der Waals surface area contributed by atoms with Crippen LogP contribution in [0, 0.1) is 12.3 Å². The molecule has 2 N–H and O–H groups in total. The van der Waals surface area contributed by atoms with E-state index in [-0.39, 0.29) is 17.3 Å². The molecular weight excluding hydrogens is 352 g/mol. The lowest BCUT2D eigenvalue weighted by atomic mass is 10.2. The van der Waals surface area contributed by atoms with Gasteiger partial charge in [0.05, 0.1) is 11.4 Å². The van der Waals surface area contributed by atoms with E-state index in [4.69, 9.17) is 6.42 Å². The van der Waals surface area contributed by atoms with Crippen LogP contribution in [0.1, 0.15) is 16.8 Å². The summed E-state index contributed by atoms with van der Waals surface area (Å²) in [5.41, 5.74) is 0.431. The number of carbonyl (C=O) groups excluding carboxylic acids is 1. The summed E-state index contributed by atoms with van der Waals surface area (Å²) in [5, 5.41) is 2.87. The number of nitrogens with zero attached hydrogens (tertiary/aromatic N) is 2. The maximum absolute atomic E-state index is 12.1. The van der Waals surface area contributed by atoms with Gasteiger partial charge in [-0.15, -0.1) is 6.42 Å². The van der Waals surface area contributed by atoms with E-state index >= 15 is 0 Å². The second-order valence-corrected chi connectivity index (χ2v) is 8.07. The number of benzene rings is 1. The van der Waals surface area contributed by atoms with Crippen molar-refractivity contribution in [2.75, 3.05) is 52.9 Å². The number of piperazine rings is 1. The Balaban J connectivity index is 1.76. The highest BCUT2D eigenvalue weighted by Crippen LogP contribution is 2.10. The average molecular weight is 378 g/mol. The van der Waals surface area contributed by atoms with Crippen LogP contribution in [0.2, 0.25) is 0 Å². The molecule has 1 aromatic carbocycles. The number of carbonyl (C=O) groups is 1. The predicted octanol–water partition coefficient (Wildman–Crippen LogP) is -0.0346. The lowest BCUT2D eigenvalue weighted by Gasteiger charge is -2.32. The number of hydrogen-bond acceptors (Lipinski definition) is 5. The molecule has 0 aromatic heterocycles. The second kappa shape index (κ2) is 9.69. The van der Waals surface area contributed by atoms with E-state index in [9.17, 15) is 13.2 Å². The minimum absolute atomic E-state index is 0.0716. The first-order valence-electron chi connectivity index (χ1n) is 8.64. The molecule has 1 amide bonds. The van der Waals surface area contributed by atoms with Crippen LogP contribution in [0.3, 0.4) is 0 Å². The number of hydrogen-bond donors (Lipinski definition) is 2. The minimum atomic E-state index is -3.64. The van der Waals surface area contributed by atoms with Crippen LogP contribution >= 0.6 is 0 Å². The molecular formula is C18H26N4O3S. The number of sulfonamides is 1. The molecule has 1 aliphatic rings. The van der Waals surface area contributed by atoms with Crippen LogP contribution in [0.5, 0.6) is 0 Å². The number of nitrogens with one attached hydrogen (secondary N) is 2. The molecule has 26 heavy (non-hydrogen) atoms. The van der Waals surface area contributed by atoms with Crippen molar-refractivity contribution >= 4 is 15.9 Å². The Kier molecular flexibility index (Phi) is 7.60. The summed E-state index contributed by atoms with van der Waals surface area (Å²) in [4.78, 5) is 16.9. The fourth-order valence-electron chi connectivity index (χ4n) is 2.68. The second-order valence-electron chi connectivity index (χ2n) is 6.31. The van der Waals surface area contributed by atoms with E-state index in [1.54, 1.807) is 0 Å². The fraction of sp³-hybridized carbons (Fsp3) is 0.500. The summed E-state index contributed by atoms with van der Waals surface area (Å²) in [6, 6.07) is 5.80. The maximum atomic E-state index is 12.1. The quantitative estimate of drug-likeness (QED) is 0.490. The minimum Gasteiger partial charge on any atom is -0.352 e. The van der Waals surface area contributed by atoms with Gasteiger partial charge in [0.1, 0.15) is 0 Å². The predicted molar refractivity (Wildman–Crippen MR) is 101 cm³/mol. The zero-order valence-electron chi connectivity index (χ0n) is 15.1. The van der Waals surface area contributed by atoms with Crippen LogP contribution < -0.4 is 10.0 Å². The third-order valence-electron chi connectivity index (χ3n) is 4.32. The molecule has 1 aromatic rings. The van der Waals surface area contributed by atoms with Crippen molar-refractivity contribution in [2.24, 2.45) is 0 Å². The summed E-state index contributed by atoms with van der Waals surface area (Å²) < 4.78 is 26.2. The van der Waals surface area contributed by atoms with Crippen LogP contribution in [0.25, 0.3) is 0 Å². The monoisotopic (exact) mass is 378 g/mol. The third kappa shape index (κ3) is 6.11. The molecule has 0 atom stereocenters. The standard InChI is InChI=1S/C18H26N4O3S/c1-3-9-20-26(24,25)17-7-5-16(6-8-17)18(23)19-10-4-11-22-14-12-21(2)13-15-22/h1,5-8,20H,4,9-15H2,2H3,(H,19,23). The van der Waals surface area contributed by atoms with Crippen molar-refractivity contribution < 1.29 is 13.2 Å². The molecule has 0 spiro atoms. The SMILES string of the molecule is C#CCNS(=O)(=O)c1ccc(C(=O)NCCCN2CCN(C)CC2)cc1. The zero-order chi connectivity index (χ0) is 19.0. The molecule has 0 radical (unpaired) electrons.